The highest BCUT2D eigenvalue weighted by atomic mass is 16.6. The van der Waals surface area contributed by atoms with Crippen molar-refractivity contribution < 1.29 is 58.0 Å². The molecule has 0 radical (unpaired) electrons. The Hall–Kier alpha value is -7.42. The van der Waals surface area contributed by atoms with Crippen molar-refractivity contribution in [3.63, 3.8) is 0 Å². The second kappa shape index (κ2) is 22.1. The molecule has 0 unspecified atom stereocenters. The number of nitrogens with zero attached hydrogens (tertiary/aromatic N) is 6. The van der Waals surface area contributed by atoms with Gasteiger partial charge in [-0.1, -0.05) is 6.07 Å². The summed E-state index contributed by atoms with van der Waals surface area (Å²) >= 11 is 0. The highest BCUT2D eigenvalue weighted by Crippen LogP contribution is 2.57. The molecule has 438 valence electrons. The number of likely N-dealkylation sites (tertiary alicyclic amines) is 6. The number of esters is 1. The highest BCUT2D eigenvalue weighted by Gasteiger charge is 2.54. The van der Waals surface area contributed by atoms with E-state index in [4.69, 9.17) is 15.2 Å². The van der Waals surface area contributed by atoms with E-state index in [9.17, 15) is 48.6 Å². The molecule has 0 aromatic heterocycles. The Morgan fingerprint density at radius 2 is 0.780 bits per heavy atom. The van der Waals surface area contributed by atoms with E-state index in [-0.39, 0.29) is 93.9 Å². The van der Waals surface area contributed by atoms with Crippen LogP contribution in [0.4, 0.5) is 0 Å². The fourth-order valence-electron chi connectivity index (χ4n) is 14.1. The van der Waals surface area contributed by atoms with Gasteiger partial charge >= 0.3 is 5.97 Å². The number of hydrogen-bond acceptors (Lipinski definition) is 18. The maximum Gasteiger partial charge on any atom is 0.340 e. The summed E-state index contributed by atoms with van der Waals surface area (Å²) in [6.07, 6.45) is 2.41. The lowest BCUT2D eigenvalue weighted by Crippen LogP contribution is -2.47. The van der Waals surface area contributed by atoms with E-state index in [1.54, 1.807) is 24.3 Å². The SMILES string of the molecule is CN1C[C@@H](NC(=O)[C@@H]2C[C@H](NC(=O)[C@@H]3C[C@H](NC(=O)[C@@H]4C[C@H](NC(=O)[C@@H]5C[C@H](NC(=O)[C@@H]6C[C@H](NC(=O)c7ccc8c(c7)C(=O)OC87c8ccc(O)cc8Oc8cc(O)ccc87)CN6C)CN5C)CN4C)CN3C)CN2C)C[C@H]1C(N)=O. The number of primary amides is 1. The zero-order chi connectivity index (χ0) is 58.2. The molecule has 6 fully saturated rings. The first-order chi connectivity index (χ1) is 39.0. The molecule has 7 amide bonds. The van der Waals surface area contributed by atoms with Crippen molar-refractivity contribution in [1.82, 2.24) is 61.3 Å². The van der Waals surface area contributed by atoms with Gasteiger partial charge in [0.1, 0.15) is 23.0 Å². The Kier molecular flexibility index (Phi) is 15.2. The number of amides is 7. The van der Waals surface area contributed by atoms with Crippen LogP contribution < -0.4 is 42.4 Å². The lowest BCUT2D eigenvalue weighted by Gasteiger charge is -2.36. The first kappa shape index (κ1) is 56.4. The zero-order valence-electron chi connectivity index (χ0n) is 46.8. The van der Waals surface area contributed by atoms with E-state index < -0.39 is 65.7 Å². The van der Waals surface area contributed by atoms with Crippen LogP contribution in [0.25, 0.3) is 0 Å². The summed E-state index contributed by atoms with van der Waals surface area (Å²) in [5, 5.41) is 39.2. The van der Waals surface area contributed by atoms with E-state index in [1.807, 2.05) is 71.7 Å². The number of nitrogens with one attached hydrogen (secondary N) is 6. The summed E-state index contributed by atoms with van der Waals surface area (Å²) in [4.78, 5) is 119. The zero-order valence-corrected chi connectivity index (χ0v) is 46.8. The van der Waals surface area contributed by atoms with Gasteiger partial charge in [-0.05, 0) is 117 Å². The van der Waals surface area contributed by atoms with E-state index in [2.05, 4.69) is 31.9 Å². The van der Waals surface area contributed by atoms with E-state index >= 15 is 0 Å². The summed E-state index contributed by atoms with van der Waals surface area (Å²) in [5.41, 5.74) is 5.83. The summed E-state index contributed by atoms with van der Waals surface area (Å²) in [7, 11) is 11.0. The average molecular weight is 1130 g/mol. The topological polar surface area (TPSA) is 313 Å². The maximum absolute atomic E-state index is 13.8. The molecular formula is C57H73N13O12. The van der Waals surface area contributed by atoms with Crippen LogP contribution in [-0.4, -0.2) is 241 Å². The minimum absolute atomic E-state index is 0.0666. The summed E-state index contributed by atoms with van der Waals surface area (Å²) in [5.74, 6) is -2.07. The van der Waals surface area contributed by atoms with Crippen molar-refractivity contribution in [3.05, 3.63) is 82.4 Å². The van der Waals surface area contributed by atoms with Crippen LogP contribution in [0.3, 0.4) is 0 Å². The van der Waals surface area contributed by atoms with Gasteiger partial charge in [-0.2, -0.15) is 0 Å². The molecule has 10 N–H and O–H groups in total. The van der Waals surface area contributed by atoms with Gasteiger partial charge in [0, 0.05) is 110 Å². The number of ether oxygens (including phenoxy) is 2. The van der Waals surface area contributed by atoms with Crippen molar-refractivity contribution in [2.75, 3.05) is 81.6 Å². The van der Waals surface area contributed by atoms with E-state index in [0.29, 0.717) is 94.5 Å². The van der Waals surface area contributed by atoms with Crippen LogP contribution in [-0.2, 0) is 39.1 Å². The molecule has 12 atom stereocenters. The van der Waals surface area contributed by atoms with Crippen molar-refractivity contribution in [1.29, 1.82) is 0 Å². The molecular weight excluding hydrogens is 1060 g/mol. The van der Waals surface area contributed by atoms with Gasteiger partial charge in [0.15, 0.2) is 5.60 Å². The molecule has 25 heteroatoms. The van der Waals surface area contributed by atoms with Gasteiger partial charge in [0.05, 0.1) is 41.8 Å². The molecule has 6 saturated heterocycles. The Balaban J connectivity index is 0.622. The molecule has 3 aromatic carbocycles. The lowest BCUT2D eigenvalue weighted by atomic mass is 9.77. The molecule has 82 heavy (non-hydrogen) atoms. The number of carbonyl (C=O) groups excluding carboxylic acids is 8. The molecule has 1 spiro atoms. The third-order valence-corrected chi connectivity index (χ3v) is 18.2. The predicted octanol–water partition coefficient (Wildman–Crippen LogP) is -2.10. The highest BCUT2D eigenvalue weighted by molar-refractivity contribution is 6.02. The fourth-order valence-corrected chi connectivity index (χ4v) is 14.1. The van der Waals surface area contributed by atoms with Crippen molar-refractivity contribution in [2.45, 2.75) is 117 Å². The Labute approximate surface area is 474 Å². The standard InChI is InChI=1S/C57H73N13O12/c1-65-22-29(14-41(65)49(58)73)60-51(75)43-16-31(24-67(43)3)62-53(77)45-18-33(26-69(45)5)64-55(79)46-19-34(27-70(46)6)63-54(78)44-17-32(25-68(44)4)61-52(76)42-15-30(23-66(42)2)59-50(74)28-7-10-38-37(13-28)56(80)82-57(38)39-11-8-35(71)20-47(39)81-48-21-36(72)9-12-40(48)57/h7-13,20-21,29-34,41-46,71-72H,14-19,22-27H2,1-6H3,(H2,58,73)(H,59,74)(H,60,75)(H,61,76)(H,62,77)(H,63,78)(H,64,79)/t29-,30-,31-,32-,33-,34-,41-,42-,43-,44-,45-,46-/m0/s1. The quantitative estimate of drug-likeness (QED) is 0.0828. The van der Waals surface area contributed by atoms with Gasteiger partial charge < -0.3 is 57.3 Å². The fraction of sp³-hybridized carbons (Fsp3) is 0.544. The number of fused-ring (bicyclic) bond motifs is 6. The second-order valence-corrected chi connectivity index (χ2v) is 24.0. The molecule has 0 aliphatic carbocycles. The first-order valence-corrected chi connectivity index (χ1v) is 28.1. The van der Waals surface area contributed by atoms with Crippen LogP contribution in [0.15, 0.2) is 54.6 Å². The van der Waals surface area contributed by atoms with Gasteiger partial charge in [0.2, 0.25) is 35.4 Å². The summed E-state index contributed by atoms with van der Waals surface area (Å²) in [6, 6.07) is 9.09. The lowest BCUT2D eigenvalue weighted by molar-refractivity contribution is -0.127. The van der Waals surface area contributed by atoms with Crippen LogP contribution in [0.5, 0.6) is 23.0 Å². The van der Waals surface area contributed by atoms with Crippen molar-refractivity contribution >= 4 is 47.3 Å². The largest absolute Gasteiger partial charge is 0.508 e. The Bertz CT molecular complexity index is 3060. The summed E-state index contributed by atoms with van der Waals surface area (Å²) < 4.78 is 12.2. The number of hydrogen-bond donors (Lipinski definition) is 9. The third kappa shape index (κ3) is 10.7. The first-order valence-electron chi connectivity index (χ1n) is 28.1. The minimum atomic E-state index is -1.47. The predicted molar refractivity (Wildman–Crippen MR) is 294 cm³/mol. The number of likely N-dealkylation sites (N-methyl/N-ethyl adjacent to an activating group) is 6. The Morgan fingerprint density at radius 1 is 0.463 bits per heavy atom. The molecule has 0 saturated carbocycles. The van der Waals surface area contributed by atoms with Gasteiger partial charge in [-0.3, -0.25) is 63.0 Å². The number of rotatable bonds is 13. The number of carbonyl (C=O) groups is 8. The monoisotopic (exact) mass is 1130 g/mol. The van der Waals surface area contributed by atoms with Crippen LogP contribution >= 0.6 is 0 Å². The molecule has 8 aliphatic rings. The van der Waals surface area contributed by atoms with Crippen LogP contribution in [0.2, 0.25) is 0 Å². The molecule has 3 aromatic rings. The van der Waals surface area contributed by atoms with Gasteiger partial charge in [-0.25, -0.2) is 4.79 Å². The molecule has 8 aliphatic heterocycles. The van der Waals surface area contributed by atoms with Crippen LogP contribution in [0.1, 0.15) is 75.9 Å². The van der Waals surface area contributed by atoms with Gasteiger partial charge in [0.25, 0.3) is 5.91 Å². The van der Waals surface area contributed by atoms with E-state index in [0.717, 1.165) is 0 Å². The van der Waals surface area contributed by atoms with Crippen molar-refractivity contribution in [3.8, 4) is 23.0 Å². The third-order valence-electron chi connectivity index (χ3n) is 18.2. The van der Waals surface area contributed by atoms with Crippen LogP contribution in [0, 0.1) is 0 Å². The second-order valence-electron chi connectivity index (χ2n) is 24.0. The molecule has 11 rings (SSSR count). The summed E-state index contributed by atoms with van der Waals surface area (Å²) in [6.45, 7) is 2.79. The average Bonchev–Trinajstić information content (AvgIpc) is 1.81. The van der Waals surface area contributed by atoms with Gasteiger partial charge in [-0.15, -0.1) is 0 Å². The normalized spacial score (nSPS) is 30.7. The minimum Gasteiger partial charge on any atom is -0.508 e. The maximum atomic E-state index is 13.8. The van der Waals surface area contributed by atoms with Crippen molar-refractivity contribution in [2.24, 2.45) is 5.73 Å². The molecule has 25 nitrogen and oxygen atoms in total. The molecule has 0 bridgehead atoms. The number of benzene rings is 3. The molecule has 8 heterocycles. The van der Waals surface area contributed by atoms with E-state index in [1.165, 1.54) is 30.3 Å². The number of phenols is 2. The number of aromatic hydroxyl groups is 2. The Morgan fingerprint density at radius 3 is 1.12 bits per heavy atom. The number of nitrogens with two attached hydrogens (primary N) is 1. The number of phenolic OH excluding ortho intramolecular Hbond substituents is 2. The smallest absolute Gasteiger partial charge is 0.340 e.